The summed E-state index contributed by atoms with van der Waals surface area (Å²) in [5.74, 6) is 0.531. The quantitative estimate of drug-likeness (QED) is 0.632. The third-order valence-corrected chi connectivity index (χ3v) is 2.04. The molecule has 0 aliphatic carbocycles. The lowest BCUT2D eigenvalue weighted by Crippen LogP contribution is -1.91. The van der Waals surface area contributed by atoms with Crippen LogP contribution in [-0.2, 0) is 0 Å². The van der Waals surface area contributed by atoms with E-state index in [1.807, 2.05) is 12.1 Å². The van der Waals surface area contributed by atoms with E-state index < -0.39 is 0 Å². The van der Waals surface area contributed by atoms with E-state index in [1.165, 1.54) is 5.56 Å². The van der Waals surface area contributed by atoms with Crippen molar-refractivity contribution >= 4 is 0 Å². The van der Waals surface area contributed by atoms with Crippen molar-refractivity contribution in [1.82, 2.24) is 0 Å². The molecule has 1 atom stereocenters. The molecule has 0 amide bonds. The lowest BCUT2D eigenvalue weighted by atomic mass is 9.96. The Hall–Kier alpha value is -1.04. The van der Waals surface area contributed by atoms with Crippen molar-refractivity contribution < 1.29 is 0 Å². The fraction of sp³-hybridized carbons (Fsp3) is 0.250. The Bertz CT molecular complexity index is 233. The molecule has 1 aromatic carbocycles. The maximum atomic E-state index is 3.72. The molecule has 1 rings (SSSR count). The number of allylic oxidation sites excluding steroid dienone is 2. The van der Waals surface area contributed by atoms with Crippen LogP contribution in [-0.4, -0.2) is 0 Å². The number of rotatable bonds is 3. The van der Waals surface area contributed by atoms with Gasteiger partial charge in [-0.1, -0.05) is 49.4 Å². The van der Waals surface area contributed by atoms with Crippen molar-refractivity contribution in [1.29, 1.82) is 0 Å². The van der Waals surface area contributed by atoms with Gasteiger partial charge in [0.2, 0.25) is 0 Å². The highest BCUT2D eigenvalue weighted by Crippen LogP contribution is 2.19. The monoisotopic (exact) mass is 159 g/mol. The second-order valence-corrected chi connectivity index (χ2v) is 2.85. The first-order valence-electron chi connectivity index (χ1n) is 4.39. The highest BCUT2D eigenvalue weighted by Gasteiger charge is 2.02. The zero-order valence-electron chi connectivity index (χ0n) is 7.53. The van der Waals surface area contributed by atoms with Crippen LogP contribution in [0.4, 0.5) is 0 Å². The maximum absolute atomic E-state index is 3.72. The second kappa shape index (κ2) is 4.76. The van der Waals surface area contributed by atoms with Crippen LogP contribution in [0.3, 0.4) is 0 Å². The molecule has 1 radical (unpaired) electrons. The van der Waals surface area contributed by atoms with Gasteiger partial charge in [0, 0.05) is 5.92 Å². The van der Waals surface area contributed by atoms with Crippen molar-refractivity contribution in [3.05, 3.63) is 55.0 Å². The molecule has 12 heavy (non-hydrogen) atoms. The zero-order chi connectivity index (χ0) is 8.81. The van der Waals surface area contributed by atoms with Crippen molar-refractivity contribution in [2.45, 2.75) is 19.3 Å². The Kier molecular flexibility index (Phi) is 3.59. The van der Waals surface area contributed by atoms with Crippen LogP contribution in [0.2, 0.25) is 0 Å². The van der Waals surface area contributed by atoms with Gasteiger partial charge < -0.3 is 0 Å². The minimum absolute atomic E-state index is 0.531. The summed E-state index contributed by atoms with van der Waals surface area (Å²) in [7, 11) is 0. The standard InChI is InChI=1S/C12H15/c1-3-8-11(4-2)12-9-6-5-7-10-12/h3,5-11H,1,4H2,2H3. The van der Waals surface area contributed by atoms with Gasteiger partial charge >= 0.3 is 0 Å². The van der Waals surface area contributed by atoms with Crippen molar-refractivity contribution in [3.63, 3.8) is 0 Å². The van der Waals surface area contributed by atoms with Gasteiger partial charge in [-0.25, -0.2) is 0 Å². The van der Waals surface area contributed by atoms with Crippen LogP contribution >= 0.6 is 0 Å². The molecule has 0 heteroatoms. The maximum Gasteiger partial charge on any atom is 0.00153 e. The zero-order valence-corrected chi connectivity index (χ0v) is 7.53. The highest BCUT2D eigenvalue weighted by atomic mass is 14.1. The number of benzene rings is 1. The molecular weight excluding hydrogens is 144 g/mol. The minimum atomic E-state index is 0.531. The molecule has 0 saturated carbocycles. The molecule has 1 unspecified atom stereocenters. The smallest absolute Gasteiger partial charge is 0.00153 e. The Morgan fingerprint density at radius 1 is 1.33 bits per heavy atom. The van der Waals surface area contributed by atoms with E-state index in [1.54, 1.807) is 0 Å². The molecule has 0 fully saturated rings. The van der Waals surface area contributed by atoms with Crippen LogP contribution < -0.4 is 0 Å². The largest absolute Gasteiger partial charge is 0.0876 e. The van der Waals surface area contributed by atoms with Gasteiger partial charge in [0.15, 0.2) is 0 Å². The van der Waals surface area contributed by atoms with E-state index in [-0.39, 0.29) is 0 Å². The lowest BCUT2D eigenvalue weighted by Gasteiger charge is -2.09. The van der Waals surface area contributed by atoms with Gasteiger partial charge in [-0.05, 0) is 18.9 Å². The van der Waals surface area contributed by atoms with E-state index in [0.717, 1.165) is 6.42 Å². The van der Waals surface area contributed by atoms with E-state index in [0.29, 0.717) is 5.92 Å². The van der Waals surface area contributed by atoms with E-state index in [4.69, 9.17) is 0 Å². The first kappa shape index (κ1) is 9.05. The summed E-state index contributed by atoms with van der Waals surface area (Å²) in [6.45, 7) is 5.91. The highest BCUT2D eigenvalue weighted by molar-refractivity contribution is 5.23. The summed E-state index contributed by atoms with van der Waals surface area (Å²) >= 11 is 0. The van der Waals surface area contributed by atoms with Crippen LogP contribution in [0.5, 0.6) is 0 Å². The molecule has 0 heterocycles. The molecule has 0 spiro atoms. The molecule has 0 bridgehead atoms. The van der Waals surface area contributed by atoms with Crippen LogP contribution in [0.15, 0.2) is 42.5 Å². The third kappa shape index (κ3) is 2.23. The summed E-state index contributed by atoms with van der Waals surface area (Å²) < 4.78 is 0. The summed E-state index contributed by atoms with van der Waals surface area (Å²) in [5.41, 5.74) is 1.37. The first-order valence-corrected chi connectivity index (χ1v) is 4.39. The van der Waals surface area contributed by atoms with Gasteiger partial charge in [0.25, 0.3) is 0 Å². The van der Waals surface area contributed by atoms with E-state index in [2.05, 4.69) is 44.2 Å². The number of hydrogen-bond acceptors (Lipinski definition) is 0. The number of hydrogen-bond donors (Lipinski definition) is 0. The van der Waals surface area contributed by atoms with Crippen LogP contribution in [0.25, 0.3) is 0 Å². The minimum Gasteiger partial charge on any atom is -0.0876 e. The average Bonchev–Trinajstić information content (AvgIpc) is 2.15. The molecule has 0 nitrogen and oxygen atoms in total. The molecular formula is C12H15. The van der Waals surface area contributed by atoms with Crippen LogP contribution in [0, 0.1) is 6.92 Å². The van der Waals surface area contributed by atoms with E-state index in [9.17, 15) is 0 Å². The summed E-state index contributed by atoms with van der Waals surface area (Å²) in [6.07, 6.45) is 5.16. The Morgan fingerprint density at radius 2 is 2.00 bits per heavy atom. The molecule has 0 aliphatic rings. The molecule has 63 valence electrons. The lowest BCUT2D eigenvalue weighted by molar-refractivity contribution is 0.805. The molecule has 0 saturated heterocycles. The van der Waals surface area contributed by atoms with Gasteiger partial charge in [-0.3, -0.25) is 0 Å². The molecule has 0 aliphatic heterocycles. The predicted molar refractivity (Wildman–Crippen MR) is 54.0 cm³/mol. The normalized spacial score (nSPS) is 13.5. The summed E-state index contributed by atoms with van der Waals surface area (Å²) in [5, 5.41) is 0. The van der Waals surface area contributed by atoms with Crippen molar-refractivity contribution in [2.75, 3.05) is 0 Å². The third-order valence-electron chi connectivity index (χ3n) is 2.04. The SMILES string of the molecule is [CH2]C=CC(CC)c1ccccc1. The summed E-state index contributed by atoms with van der Waals surface area (Å²) in [6, 6.07) is 10.5. The Labute approximate surface area is 74.9 Å². The van der Waals surface area contributed by atoms with E-state index >= 15 is 0 Å². The van der Waals surface area contributed by atoms with Crippen LogP contribution in [0.1, 0.15) is 24.8 Å². The fourth-order valence-electron chi connectivity index (χ4n) is 1.35. The summed E-state index contributed by atoms with van der Waals surface area (Å²) in [4.78, 5) is 0. The Morgan fingerprint density at radius 3 is 2.50 bits per heavy atom. The first-order chi connectivity index (χ1) is 5.88. The molecule has 1 aromatic rings. The van der Waals surface area contributed by atoms with Crippen molar-refractivity contribution in [2.24, 2.45) is 0 Å². The van der Waals surface area contributed by atoms with Gasteiger partial charge in [0.05, 0.1) is 0 Å². The van der Waals surface area contributed by atoms with Crippen molar-refractivity contribution in [3.8, 4) is 0 Å². The predicted octanol–water partition coefficient (Wildman–Crippen LogP) is 3.57. The molecule has 0 aromatic heterocycles. The second-order valence-electron chi connectivity index (χ2n) is 2.85. The average molecular weight is 159 g/mol. The topological polar surface area (TPSA) is 0 Å². The fourth-order valence-corrected chi connectivity index (χ4v) is 1.35. The van der Waals surface area contributed by atoms with Gasteiger partial charge in [0.1, 0.15) is 0 Å². The molecule has 0 N–H and O–H groups in total. The van der Waals surface area contributed by atoms with Gasteiger partial charge in [-0.2, -0.15) is 0 Å². The van der Waals surface area contributed by atoms with Gasteiger partial charge in [-0.15, -0.1) is 0 Å². The Balaban J connectivity index is 2.80.